The Kier molecular flexibility index (Phi) is 11.8. The van der Waals surface area contributed by atoms with Gasteiger partial charge in [0, 0.05) is 12.6 Å². The second kappa shape index (κ2) is 14.5. The summed E-state index contributed by atoms with van der Waals surface area (Å²) in [4.78, 5) is 11.6. The lowest BCUT2D eigenvalue weighted by Crippen LogP contribution is -2.32. The summed E-state index contributed by atoms with van der Waals surface area (Å²) in [7, 11) is 0. The van der Waals surface area contributed by atoms with Crippen LogP contribution in [0.3, 0.4) is 0 Å². The van der Waals surface area contributed by atoms with Gasteiger partial charge in [0.05, 0.1) is 12.7 Å². The van der Waals surface area contributed by atoms with Crippen LogP contribution in [-0.4, -0.2) is 35.4 Å². The molecule has 0 saturated heterocycles. The van der Waals surface area contributed by atoms with Crippen molar-refractivity contribution in [1.82, 2.24) is 5.32 Å². The molecule has 0 radical (unpaired) electrons. The third-order valence-corrected chi connectivity index (χ3v) is 5.89. The number of carboxylic acid groups (broad SMARTS) is 1. The summed E-state index contributed by atoms with van der Waals surface area (Å²) >= 11 is 0. The molecule has 0 aliphatic rings. The lowest BCUT2D eigenvalue weighted by Gasteiger charge is -2.18. The largest absolute Gasteiger partial charge is 0.493 e. The standard InChI is InChI=1S/C29H35NO4.ClH/c1-3-4-8-17-34-28-19-25(15-16-26(28)29(32)33)23-13-11-22(12-14-23)18-21(2)30-20-27(31)24-9-6-5-7-10-24;/h5-7,9-16,19,21,27,30-31H,3-4,8,17-18,20H2,1-2H3,(H,32,33);1H/t21-,27+;/m1./s1. The van der Waals surface area contributed by atoms with E-state index in [1.807, 2.05) is 42.5 Å². The van der Waals surface area contributed by atoms with Crippen LogP contribution in [0.1, 0.15) is 60.7 Å². The minimum atomic E-state index is -0.980. The highest BCUT2D eigenvalue weighted by atomic mass is 35.5. The Balaban J connectivity index is 0.00000432. The zero-order chi connectivity index (χ0) is 24.3. The lowest BCUT2D eigenvalue weighted by molar-refractivity contribution is 0.0692. The van der Waals surface area contributed by atoms with Gasteiger partial charge in [0.25, 0.3) is 0 Å². The Morgan fingerprint density at radius 1 is 0.971 bits per heavy atom. The van der Waals surface area contributed by atoms with Crippen LogP contribution in [0.2, 0.25) is 0 Å². The number of aliphatic hydroxyl groups is 1. The average Bonchev–Trinajstić information content (AvgIpc) is 2.86. The third kappa shape index (κ3) is 8.70. The van der Waals surface area contributed by atoms with Crippen molar-refractivity contribution in [1.29, 1.82) is 0 Å². The Hall–Kier alpha value is -2.86. The summed E-state index contributed by atoms with van der Waals surface area (Å²) in [5, 5.41) is 23.2. The first-order chi connectivity index (χ1) is 16.5. The quantitative estimate of drug-likeness (QED) is 0.242. The van der Waals surface area contributed by atoms with Crippen LogP contribution in [0, 0.1) is 0 Å². The molecule has 0 aliphatic heterocycles. The average molecular weight is 498 g/mol. The maximum absolute atomic E-state index is 11.6. The van der Waals surface area contributed by atoms with Crippen molar-refractivity contribution in [3.05, 3.63) is 89.5 Å². The summed E-state index contributed by atoms with van der Waals surface area (Å²) in [5.74, 6) is -0.564. The number of unbranched alkanes of at least 4 members (excludes halogenated alkanes) is 2. The topological polar surface area (TPSA) is 78.8 Å². The molecule has 0 spiro atoms. The first-order valence-corrected chi connectivity index (χ1v) is 12.0. The Morgan fingerprint density at radius 2 is 1.66 bits per heavy atom. The first-order valence-electron chi connectivity index (χ1n) is 12.0. The molecule has 0 bridgehead atoms. The van der Waals surface area contributed by atoms with Crippen LogP contribution in [0.25, 0.3) is 11.1 Å². The highest BCUT2D eigenvalue weighted by molar-refractivity contribution is 5.92. The van der Waals surface area contributed by atoms with E-state index in [2.05, 4.69) is 43.4 Å². The fourth-order valence-corrected chi connectivity index (χ4v) is 3.90. The van der Waals surface area contributed by atoms with E-state index in [-0.39, 0.29) is 24.0 Å². The smallest absolute Gasteiger partial charge is 0.339 e. The Morgan fingerprint density at radius 3 is 2.31 bits per heavy atom. The number of carbonyl (C=O) groups is 1. The maximum atomic E-state index is 11.6. The predicted octanol–water partition coefficient (Wildman–Crippen LogP) is 6.30. The van der Waals surface area contributed by atoms with Crippen LogP contribution in [-0.2, 0) is 6.42 Å². The highest BCUT2D eigenvalue weighted by Crippen LogP contribution is 2.28. The molecule has 3 rings (SSSR count). The molecular weight excluding hydrogens is 462 g/mol. The van der Waals surface area contributed by atoms with Crippen LogP contribution < -0.4 is 10.1 Å². The van der Waals surface area contributed by atoms with Gasteiger partial charge in [0.2, 0.25) is 0 Å². The molecule has 6 heteroatoms. The number of rotatable bonds is 13. The van der Waals surface area contributed by atoms with Gasteiger partial charge < -0.3 is 20.3 Å². The Labute approximate surface area is 214 Å². The molecule has 5 nitrogen and oxygen atoms in total. The molecule has 0 unspecified atom stereocenters. The van der Waals surface area contributed by atoms with Gasteiger partial charge in [-0.3, -0.25) is 0 Å². The SMILES string of the molecule is CCCCCOc1cc(-c2ccc(C[C@@H](C)NC[C@H](O)c3ccccc3)cc2)ccc1C(=O)O.Cl. The minimum Gasteiger partial charge on any atom is -0.493 e. The normalized spacial score (nSPS) is 12.4. The van der Waals surface area contributed by atoms with Crippen LogP contribution in [0.15, 0.2) is 72.8 Å². The number of ether oxygens (including phenoxy) is 1. The summed E-state index contributed by atoms with van der Waals surface area (Å²) in [6.07, 6.45) is 3.36. The first kappa shape index (κ1) is 28.4. The van der Waals surface area contributed by atoms with Gasteiger partial charge in [-0.2, -0.15) is 0 Å². The fraction of sp³-hybridized carbons (Fsp3) is 0.345. The van der Waals surface area contributed by atoms with E-state index in [9.17, 15) is 15.0 Å². The van der Waals surface area contributed by atoms with Crippen molar-refractivity contribution in [2.45, 2.75) is 51.7 Å². The molecule has 0 aromatic heterocycles. The summed E-state index contributed by atoms with van der Waals surface area (Å²) < 4.78 is 5.81. The van der Waals surface area contributed by atoms with Crippen LogP contribution in [0.5, 0.6) is 5.75 Å². The summed E-state index contributed by atoms with van der Waals surface area (Å²) in [5.41, 5.74) is 4.23. The van der Waals surface area contributed by atoms with Gasteiger partial charge in [-0.1, -0.05) is 80.4 Å². The highest BCUT2D eigenvalue weighted by Gasteiger charge is 2.14. The van der Waals surface area contributed by atoms with E-state index in [0.29, 0.717) is 18.9 Å². The number of carboxylic acids is 1. The summed E-state index contributed by atoms with van der Waals surface area (Å²) in [6.45, 7) is 5.25. The van der Waals surface area contributed by atoms with Crippen molar-refractivity contribution in [2.24, 2.45) is 0 Å². The molecule has 3 aromatic rings. The minimum absolute atomic E-state index is 0. The molecular formula is C29H36ClNO4. The Bertz CT molecular complexity index is 1040. The van der Waals surface area contributed by atoms with Gasteiger partial charge in [-0.25, -0.2) is 4.79 Å². The molecule has 0 aliphatic carbocycles. The molecule has 2 atom stereocenters. The van der Waals surface area contributed by atoms with Gasteiger partial charge in [0.1, 0.15) is 11.3 Å². The molecule has 35 heavy (non-hydrogen) atoms. The zero-order valence-electron chi connectivity index (χ0n) is 20.4. The van der Waals surface area contributed by atoms with Gasteiger partial charge in [0.15, 0.2) is 0 Å². The number of hydrogen-bond acceptors (Lipinski definition) is 4. The van der Waals surface area contributed by atoms with Gasteiger partial charge >= 0.3 is 5.97 Å². The van der Waals surface area contributed by atoms with E-state index in [1.54, 1.807) is 6.07 Å². The number of benzene rings is 3. The number of halogens is 1. The fourth-order valence-electron chi connectivity index (χ4n) is 3.90. The van der Waals surface area contributed by atoms with Crippen molar-refractivity contribution < 1.29 is 19.7 Å². The number of hydrogen-bond donors (Lipinski definition) is 3. The summed E-state index contributed by atoms with van der Waals surface area (Å²) in [6, 6.07) is 23.4. The number of nitrogens with one attached hydrogen (secondary N) is 1. The lowest BCUT2D eigenvalue weighted by atomic mass is 9.99. The number of aromatic carboxylic acids is 1. The predicted molar refractivity (Wildman–Crippen MR) is 144 cm³/mol. The van der Waals surface area contributed by atoms with E-state index in [0.717, 1.165) is 42.4 Å². The second-order valence-electron chi connectivity index (χ2n) is 8.71. The molecule has 0 amide bonds. The molecule has 188 valence electrons. The van der Waals surface area contributed by atoms with E-state index < -0.39 is 12.1 Å². The molecule has 0 saturated carbocycles. The molecule has 0 fully saturated rings. The molecule has 0 heterocycles. The van der Waals surface area contributed by atoms with Crippen molar-refractivity contribution in [3.8, 4) is 16.9 Å². The van der Waals surface area contributed by atoms with Gasteiger partial charge in [-0.15, -0.1) is 12.4 Å². The zero-order valence-corrected chi connectivity index (χ0v) is 21.3. The van der Waals surface area contributed by atoms with Crippen molar-refractivity contribution >= 4 is 18.4 Å². The third-order valence-electron chi connectivity index (χ3n) is 5.89. The second-order valence-corrected chi connectivity index (χ2v) is 8.71. The van der Waals surface area contributed by atoms with E-state index >= 15 is 0 Å². The molecule has 3 aromatic carbocycles. The van der Waals surface area contributed by atoms with E-state index in [4.69, 9.17) is 4.74 Å². The molecule has 3 N–H and O–H groups in total. The monoisotopic (exact) mass is 497 g/mol. The number of aliphatic hydroxyl groups excluding tert-OH is 1. The van der Waals surface area contributed by atoms with Gasteiger partial charge in [-0.05, 0) is 54.2 Å². The van der Waals surface area contributed by atoms with Crippen LogP contribution in [0.4, 0.5) is 0 Å². The van der Waals surface area contributed by atoms with E-state index in [1.165, 1.54) is 5.56 Å². The van der Waals surface area contributed by atoms with Crippen LogP contribution >= 0.6 is 12.4 Å². The van der Waals surface area contributed by atoms with Crippen molar-refractivity contribution in [3.63, 3.8) is 0 Å². The van der Waals surface area contributed by atoms with Crippen molar-refractivity contribution in [2.75, 3.05) is 13.2 Å². The maximum Gasteiger partial charge on any atom is 0.339 e.